The number of carbonyl (C=O) groups excluding carboxylic acids is 1. The topological polar surface area (TPSA) is 61.9 Å². The minimum atomic E-state index is -0.299. The molecule has 0 saturated heterocycles. The van der Waals surface area contributed by atoms with E-state index in [0.29, 0.717) is 12.4 Å². The van der Waals surface area contributed by atoms with Crippen LogP contribution in [-0.2, 0) is 35.4 Å². The Balaban J connectivity index is 2.51. The summed E-state index contributed by atoms with van der Waals surface area (Å²) in [6.45, 7) is 4.27. The molecule has 0 unspecified atom stereocenters. The van der Waals surface area contributed by atoms with Crippen LogP contribution < -0.4 is 0 Å². The molecule has 0 spiro atoms. The van der Waals surface area contributed by atoms with Crippen molar-refractivity contribution in [3.8, 4) is 0 Å². The summed E-state index contributed by atoms with van der Waals surface area (Å²) in [5.74, 6) is 0.608. The molecule has 0 aliphatic rings. The van der Waals surface area contributed by atoms with E-state index < -0.39 is 0 Å². The molecule has 2 rings (SSSR count). The van der Waals surface area contributed by atoms with Gasteiger partial charge in [0.15, 0.2) is 5.65 Å². The summed E-state index contributed by atoms with van der Waals surface area (Å²) in [5.41, 5.74) is 2.52. The van der Waals surface area contributed by atoms with Crippen LogP contribution in [-0.4, -0.2) is 31.9 Å². The molecular formula is C12H17ClN4O2. The summed E-state index contributed by atoms with van der Waals surface area (Å²) < 4.78 is 8.48. The largest absolute Gasteiger partial charge is 0.465 e. The van der Waals surface area contributed by atoms with Gasteiger partial charge in [-0.1, -0.05) is 6.92 Å². The van der Waals surface area contributed by atoms with Gasteiger partial charge in [-0.25, -0.2) is 4.98 Å². The highest BCUT2D eigenvalue weighted by Gasteiger charge is 2.19. The minimum absolute atomic E-state index is 0.106. The number of aromatic nitrogens is 4. The third kappa shape index (κ3) is 2.45. The predicted molar refractivity (Wildman–Crippen MR) is 72.1 cm³/mol. The Morgan fingerprint density at radius 3 is 2.74 bits per heavy atom. The SMILES string of the molecule is CCOC(=O)Cn1c(CCl)nc2c(CC)nn(C)c21. The average Bonchev–Trinajstić information content (AvgIpc) is 2.88. The molecule has 104 valence electrons. The minimum Gasteiger partial charge on any atom is -0.465 e. The van der Waals surface area contributed by atoms with Crippen LogP contribution in [0.5, 0.6) is 0 Å². The first kappa shape index (κ1) is 13.9. The fourth-order valence-electron chi connectivity index (χ4n) is 2.13. The Morgan fingerprint density at radius 1 is 1.42 bits per heavy atom. The van der Waals surface area contributed by atoms with Crippen molar-refractivity contribution in [2.24, 2.45) is 7.05 Å². The Labute approximate surface area is 116 Å². The van der Waals surface area contributed by atoms with Crippen LogP contribution in [0, 0.1) is 0 Å². The lowest BCUT2D eigenvalue weighted by molar-refractivity contribution is -0.143. The zero-order valence-electron chi connectivity index (χ0n) is 11.3. The van der Waals surface area contributed by atoms with Crippen LogP contribution in [0.4, 0.5) is 0 Å². The molecule has 0 aliphatic heterocycles. The lowest BCUT2D eigenvalue weighted by Gasteiger charge is -2.07. The first-order valence-corrected chi connectivity index (χ1v) is 6.78. The van der Waals surface area contributed by atoms with Gasteiger partial charge < -0.3 is 9.30 Å². The molecule has 0 aliphatic carbocycles. The highest BCUT2D eigenvalue weighted by Crippen LogP contribution is 2.21. The molecule has 0 saturated carbocycles. The molecule has 0 radical (unpaired) electrons. The number of imidazole rings is 1. The van der Waals surface area contributed by atoms with Crippen molar-refractivity contribution >= 4 is 28.7 Å². The number of fused-ring (bicyclic) bond motifs is 1. The number of nitrogens with zero attached hydrogens (tertiary/aromatic N) is 4. The Morgan fingerprint density at radius 2 is 2.16 bits per heavy atom. The van der Waals surface area contributed by atoms with E-state index in [2.05, 4.69) is 10.1 Å². The average molecular weight is 285 g/mol. The van der Waals surface area contributed by atoms with Gasteiger partial charge in [-0.2, -0.15) is 5.10 Å². The fraction of sp³-hybridized carbons (Fsp3) is 0.583. The molecule has 2 heterocycles. The van der Waals surface area contributed by atoms with Crippen molar-refractivity contribution in [1.29, 1.82) is 0 Å². The number of ether oxygens (including phenoxy) is 1. The number of rotatable bonds is 5. The molecule has 2 aromatic rings. The van der Waals surface area contributed by atoms with Crippen LogP contribution in [0.15, 0.2) is 0 Å². The molecule has 0 fully saturated rings. The van der Waals surface area contributed by atoms with E-state index in [-0.39, 0.29) is 18.4 Å². The molecule has 0 amide bonds. The van der Waals surface area contributed by atoms with E-state index in [9.17, 15) is 4.79 Å². The maximum absolute atomic E-state index is 11.7. The standard InChI is InChI=1S/C12H17ClN4O2/c1-4-8-11-12(16(3)15-8)17(9(6-13)14-11)7-10(18)19-5-2/h4-7H2,1-3H3. The van der Waals surface area contributed by atoms with Gasteiger partial charge >= 0.3 is 5.97 Å². The molecule has 0 N–H and O–H groups in total. The lowest BCUT2D eigenvalue weighted by Crippen LogP contribution is -2.16. The first-order chi connectivity index (χ1) is 9.12. The smallest absolute Gasteiger partial charge is 0.326 e. The number of esters is 1. The second-order valence-electron chi connectivity index (χ2n) is 4.15. The number of alkyl halides is 1. The van der Waals surface area contributed by atoms with Crippen molar-refractivity contribution < 1.29 is 9.53 Å². The number of carbonyl (C=O) groups is 1. The summed E-state index contributed by atoms with van der Waals surface area (Å²) in [7, 11) is 1.84. The highest BCUT2D eigenvalue weighted by atomic mass is 35.5. The monoisotopic (exact) mass is 284 g/mol. The van der Waals surface area contributed by atoms with E-state index >= 15 is 0 Å². The van der Waals surface area contributed by atoms with Gasteiger partial charge in [0.25, 0.3) is 0 Å². The summed E-state index contributed by atoms with van der Waals surface area (Å²) >= 11 is 5.90. The summed E-state index contributed by atoms with van der Waals surface area (Å²) in [6.07, 6.45) is 0.787. The number of aryl methyl sites for hydroxylation is 2. The van der Waals surface area contributed by atoms with Crippen molar-refractivity contribution in [2.75, 3.05) is 6.61 Å². The molecule has 2 aromatic heterocycles. The fourth-order valence-corrected chi connectivity index (χ4v) is 2.33. The summed E-state index contributed by atoms with van der Waals surface area (Å²) in [5, 5.41) is 4.40. The van der Waals surface area contributed by atoms with E-state index in [0.717, 1.165) is 23.3 Å². The molecular weight excluding hydrogens is 268 g/mol. The van der Waals surface area contributed by atoms with Gasteiger partial charge in [-0.3, -0.25) is 9.48 Å². The van der Waals surface area contributed by atoms with Gasteiger partial charge in [0.05, 0.1) is 18.2 Å². The Kier molecular flexibility index (Phi) is 4.09. The molecule has 7 heteroatoms. The van der Waals surface area contributed by atoms with Crippen molar-refractivity contribution in [1.82, 2.24) is 19.3 Å². The second-order valence-corrected chi connectivity index (χ2v) is 4.42. The van der Waals surface area contributed by atoms with Crippen molar-refractivity contribution in [3.63, 3.8) is 0 Å². The maximum Gasteiger partial charge on any atom is 0.326 e. The highest BCUT2D eigenvalue weighted by molar-refractivity contribution is 6.16. The van der Waals surface area contributed by atoms with Crippen LogP contribution in [0.25, 0.3) is 11.2 Å². The number of halogens is 1. The Bertz CT molecular complexity index is 602. The van der Waals surface area contributed by atoms with Crippen molar-refractivity contribution in [2.45, 2.75) is 32.7 Å². The molecule has 19 heavy (non-hydrogen) atoms. The third-order valence-electron chi connectivity index (χ3n) is 2.92. The van der Waals surface area contributed by atoms with Crippen LogP contribution in [0.2, 0.25) is 0 Å². The Hall–Kier alpha value is -1.56. The zero-order chi connectivity index (χ0) is 14.0. The van der Waals surface area contributed by atoms with Gasteiger partial charge in [-0.15, -0.1) is 11.6 Å². The molecule has 0 aromatic carbocycles. The quantitative estimate of drug-likeness (QED) is 0.618. The molecule has 0 atom stereocenters. The van der Waals surface area contributed by atoms with Gasteiger partial charge in [0.2, 0.25) is 0 Å². The van der Waals surface area contributed by atoms with Gasteiger partial charge in [0, 0.05) is 7.05 Å². The molecule has 0 bridgehead atoms. The van der Waals surface area contributed by atoms with E-state index in [1.165, 1.54) is 0 Å². The third-order valence-corrected chi connectivity index (χ3v) is 3.16. The first-order valence-electron chi connectivity index (χ1n) is 6.24. The zero-order valence-corrected chi connectivity index (χ0v) is 12.1. The van der Waals surface area contributed by atoms with Crippen LogP contribution in [0.3, 0.4) is 0 Å². The van der Waals surface area contributed by atoms with Crippen LogP contribution >= 0.6 is 11.6 Å². The van der Waals surface area contributed by atoms with Gasteiger partial charge in [0.1, 0.15) is 17.9 Å². The van der Waals surface area contributed by atoms with Crippen molar-refractivity contribution in [3.05, 3.63) is 11.5 Å². The van der Waals surface area contributed by atoms with Crippen LogP contribution in [0.1, 0.15) is 25.4 Å². The van der Waals surface area contributed by atoms with Gasteiger partial charge in [-0.05, 0) is 13.3 Å². The van der Waals surface area contributed by atoms with E-state index in [1.54, 1.807) is 16.2 Å². The van der Waals surface area contributed by atoms with E-state index in [4.69, 9.17) is 16.3 Å². The maximum atomic E-state index is 11.7. The summed E-state index contributed by atoms with van der Waals surface area (Å²) in [6, 6.07) is 0. The summed E-state index contributed by atoms with van der Waals surface area (Å²) in [4.78, 5) is 16.1. The predicted octanol–water partition coefficient (Wildman–Crippen LogP) is 1.63. The number of hydrogen-bond acceptors (Lipinski definition) is 4. The molecule has 6 nitrogen and oxygen atoms in total. The lowest BCUT2D eigenvalue weighted by atomic mass is 10.3. The number of hydrogen-bond donors (Lipinski definition) is 0. The second kappa shape index (κ2) is 5.61. The normalized spacial score (nSPS) is 11.2. The van der Waals surface area contributed by atoms with E-state index in [1.807, 2.05) is 14.0 Å².